The second-order valence-electron chi connectivity index (χ2n) is 6.33. The maximum atomic E-state index is 11.6. The zero-order valence-corrected chi connectivity index (χ0v) is 13.3. The number of carboxylic acid groups (broad SMARTS) is 1. The van der Waals surface area contributed by atoms with Gasteiger partial charge in [0.1, 0.15) is 0 Å². The number of hydrogen-bond acceptors (Lipinski definition) is 3. The minimum Gasteiger partial charge on any atom is -0.481 e. The van der Waals surface area contributed by atoms with Gasteiger partial charge >= 0.3 is 5.97 Å². The molecule has 0 bridgehead atoms. The lowest BCUT2D eigenvalue weighted by Gasteiger charge is -2.20. The molecule has 5 nitrogen and oxygen atoms in total. The number of carbonyl (C=O) groups excluding carboxylic acids is 1. The molecule has 0 rings (SSSR count). The van der Waals surface area contributed by atoms with Crippen molar-refractivity contribution >= 4 is 11.9 Å². The third kappa shape index (κ3) is 12.0. The van der Waals surface area contributed by atoms with Crippen LogP contribution in [0, 0.1) is 5.92 Å². The predicted octanol–water partition coefficient (Wildman–Crippen LogP) is 2.16. The van der Waals surface area contributed by atoms with Crippen LogP contribution >= 0.6 is 0 Å². The Labute approximate surface area is 122 Å². The molecule has 0 fully saturated rings. The average molecular weight is 286 g/mol. The SMILES string of the molecule is CCCC(CCNC(=O)CNC(C)(C)C)CCC(=O)O. The van der Waals surface area contributed by atoms with Gasteiger partial charge in [0.25, 0.3) is 0 Å². The minimum atomic E-state index is -0.746. The summed E-state index contributed by atoms with van der Waals surface area (Å²) in [4.78, 5) is 22.2. The van der Waals surface area contributed by atoms with Crippen LogP contribution in [0.2, 0.25) is 0 Å². The standard InChI is InChI=1S/C15H30N2O3/c1-5-6-12(7-8-14(19)20)9-10-16-13(18)11-17-15(2,3)4/h12,17H,5-11H2,1-4H3,(H,16,18)(H,19,20). The Kier molecular flexibility index (Phi) is 9.21. The second kappa shape index (κ2) is 9.75. The largest absolute Gasteiger partial charge is 0.481 e. The van der Waals surface area contributed by atoms with E-state index in [4.69, 9.17) is 5.11 Å². The summed E-state index contributed by atoms with van der Waals surface area (Å²) in [5.41, 5.74) is -0.0659. The van der Waals surface area contributed by atoms with E-state index in [1.165, 1.54) is 0 Å². The molecule has 0 aliphatic carbocycles. The number of hydrogen-bond donors (Lipinski definition) is 3. The van der Waals surface area contributed by atoms with Crippen LogP contribution in [0.15, 0.2) is 0 Å². The fraction of sp³-hybridized carbons (Fsp3) is 0.867. The molecule has 0 aromatic heterocycles. The number of rotatable bonds is 10. The maximum absolute atomic E-state index is 11.6. The zero-order valence-electron chi connectivity index (χ0n) is 13.3. The molecular formula is C15H30N2O3. The van der Waals surface area contributed by atoms with Crippen molar-refractivity contribution in [1.82, 2.24) is 10.6 Å². The Morgan fingerprint density at radius 2 is 1.80 bits per heavy atom. The lowest BCUT2D eigenvalue weighted by molar-refractivity contribution is -0.137. The first kappa shape index (κ1) is 18.9. The first-order valence-electron chi connectivity index (χ1n) is 7.48. The van der Waals surface area contributed by atoms with Gasteiger partial charge in [0, 0.05) is 18.5 Å². The molecule has 3 N–H and O–H groups in total. The number of aliphatic carboxylic acids is 1. The van der Waals surface area contributed by atoms with Crippen LogP contribution in [0.5, 0.6) is 0 Å². The van der Waals surface area contributed by atoms with Crippen molar-refractivity contribution in [1.29, 1.82) is 0 Å². The monoisotopic (exact) mass is 286 g/mol. The first-order chi connectivity index (χ1) is 9.24. The molecule has 1 amide bonds. The van der Waals surface area contributed by atoms with E-state index in [1.807, 2.05) is 20.8 Å². The van der Waals surface area contributed by atoms with Crippen molar-refractivity contribution < 1.29 is 14.7 Å². The molecule has 0 spiro atoms. The fourth-order valence-corrected chi connectivity index (χ4v) is 1.99. The number of carbonyl (C=O) groups is 2. The summed E-state index contributed by atoms with van der Waals surface area (Å²) >= 11 is 0. The molecule has 0 saturated heterocycles. The number of nitrogens with one attached hydrogen (secondary N) is 2. The molecule has 1 atom stereocenters. The molecule has 0 aliphatic heterocycles. The average Bonchev–Trinajstić information content (AvgIpc) is 2.32. The summed E-state index contributed by atoms with van der Waals surface area (Å²) in [7, 11) is 0. The molecule has 1 unspecified atom stereocenters. The van der Waals surface area contributed by atoms with Crippen molar-refractivity contribution in [3.05, 3.63) is 0 Å². The predicted molar refractivity (Wildman–Crippen MR) is 80.7 cm³/mol. The summed E-state index contributed by atoms with van der Waals surface area (Å²) in [6, 6.07) is 0. The van der Waals surface area contributed by atoms with Crippen molar-refractivity contribution in [2.75, 3.05) is 13.1 Å². The molecule has 118 valence electrons. The van der Waals surface area contributed by atoms with Gasteiger partial charge < -0.3 is 15.7 Å². The molecule has 0 radical (unpaired) electrons. The molecular weight excluding hydrogens is 256 g/mol. The van der Waals surface area contributed by atoms with Crippen molar-refractivity contribution in [2.45, 2.75) is 65.3 Å². The fourth-order valence-electron chi connectivity index (χ4n) is 1.99. The van der Waals surface area contributed by atoms with Gasteiger partial charge in [-0.25, -0.2) is 0 Å². The van der Waals surface area contributed by atoms with E-state index in [-0.39, 0.29) is 17.9 Å². The van der Waals surface area contributed by atoms with Gasteiger partial charge in [0.2, 0.25) is 5.91 Å². The Morgan fingerprint density at radius 3 is 2.30 bits per heavy atom. The van der Waals surface area contributed by atoms with E-state index >= 15 is 0 Å². The van der Waals surface area contributed by atoms with Gasteiger partial charge in [-0.2, -0.15) is 0 Å². The highest BCUT2D eigenvalue weighted by Crippen LogP contribution is 2.17. The van der Waals surface area contributed by atoms with E-state index in [1.54, 1.807) is 0 Å². The second-order valence-corrected chi connectivity index (χ2v) is 6.33. The van der Waals surface area contributed by atoms with E-state index < -0.39 is 5.97 Å². The van der Waals surface area contributed by atoms with Gasteiger partial charge in [0.15, 0.2) is 0 Å². The van der Waals surface area contributed by atoms with Crippen LogP contribution in [-0.2, 0) is 9.59 Å². The molecule has 0 heterocycles. The smallest absolute Gasteiger partial charge is 0.303 e. The minimum absolute atomic E-state index is 0.00610. The van der Waals surface area contributed by atoms with Gasteiger partial charge in [-0.3, -0.25) is 9.59 Å². The van der Waals surface area contributed by atoms with Crippen LogP contribution in [0.1, 0.15) is 59.8 Å². The highest BCUT2D eigenvalue weighted by molar-refractivity contribution is 5.78. The molecule has 0 saturated carbocycles. The first-order valence-corrected chi connectivity index (χ1v) is 7.48. The van der Waals surface area contributed by atoms with Crippen LogP contribution in [0.25, 0.3) is 0 Å². The molecule has 0 aliphatic rings. The quantitative estimate of drug-likeness (QED) is 0.575. The third-order valence-electron chi connectivity index (χ3n) is 3.12. The normalized spacial score (nSPS) is 13.0. The molecule has 5 heteroatoms. The van der Waals surface area contributed by atoms with Gasteiger partial charge in [-0.1, -0.05) is 19.8 Å². The zero-order chi connectivity index (χ0) is 15.6. The summed E-state index contributed by atoms with van der Waals surface area (Å²) in [5.74, 6) is -0.370. The van der Waals surface area contributed by atoms with Gasteiger partial charge in [-0.05, 0) is 39.5 Å². The number of amides is 1. The van der Waals surface area contributed by atoms with Crippen LogP contribution < -0.4 is 10.6 Å². The van der Waals surface area contributed by atoms with E-state index in [2.05, 4.69) is 17.6 Å². The summed E-state index contributed by atoms with van der Waals surface area (Å²) in [6.07, 6.45) is 3.82. The third-order valence-corrected chi connectivity index (χ3v) is 3.12. The van der Waals surface area contributed by atoms with Gasteiger partial charge in [0.05, 0.1) is 6.54 Å². The van der Waals surface area contributed by atoms with Crippen molar-refractivity contribution in [3.63, 3.8) is 0 Å². The molecule has 0 aromatic rings. The Balaban J connectivity index is 3.86. The van der Waals surface area contributed by atoms with E-state index in [9.17, 15) is 9.59 Å². The molecule has 0 aromatic carbocycles. The summed E-state index contributed by atoms with van der Waals surface area (Å²) < 4.78 is 0. The topological polar surface area (TPSA) is 78.4 Å². The van der Waals surface area contributed by atoms with Crippen LogP contribution in [0.4, 0.5) is 0 Å². The number of carboxylic acids is 1. The van der Waals surface area contributed by atoms with E-state index in [0.29, 0.717) is 25.4 Å². The lowest BCUT2D eigenvalue weighted by atomic mass is 9.94. The maximum Gasteiger partial charge on any atom is 0.303 e. The van der Waals surface area contributed by atoms with Crippen molar-refractivity contribution in [2.24, 2.45) is 5.92 Å². The van der Waals surface area contributed by atoms with Crippen molar-refractivity contribution in [3.8, 4) is 0 Å². The summed E-state index contributed by atoms with van der Waals surface area (Å²) in [6.45, 7) is 9.09. The molecule has 20 heavy (non-hydrogen) atoms. The highest BCUT2D eigenvalue weighted by Gasteiger charge is 2.13. The Hall–Kier alpha value is -1.10. The Bertz CT molecular complexity index is 298. The van der Waals surface area contributed by atoms with Crippen LogP contribution in [0.3, 0.4) is 0 Å². The summed E-state index contributed by atoms with van der Waals surface area (Å²) in [5, 5.41) is 14.7. The lowest BCUT2D eigenvalue weighted by Crippen LogP contribution is -2.43. The highest BCUT2D eigenvalue weighted by atomic mass is 16.4. The van der Waals surface area contributed by atoms with Crippen LogP contribution in [-0.4, -0.2) is 35.6 Å². The van der Waals surface area contributed by atoms with Gasteiger partial charge in [-0.15, -0.1) is 0 Å². The Morgan fingerprint density at radius 1 is 1.15 bits per heavy atom. The van der Waals surface area contributed by atoms with E-state index in [0.717, 1.165) is 19.3 Å².